The molecular weight excluding hydrogens is 245 g/mol. The molecule has 18 heavy (non-hydrogen) atoms. The van der Waals surface area contributed by atoms with Crippen molar-refractivity contribution in [1.82, 2.24) is 15.2 Å². The lowest BCUT2D eigenvalue weighted by molar-refractivity contribution is -0.387. The van der Waals surface area contributed by atoms with Crippen LogP contribution in [0.1, 0.15) is 10.4 Å². The maximum atomic E-state index is 13.3. The fourth-order valence-corrected chi connectivity index (χ4v) is 1.24. The van der Waals surface area contributed by atoms with Gasteiger partial charge in [0, 0.05) is 11.6 Å². The summed E-state index contributed by atoms with van der Waals surface area (Å²) < 4.78 is 13.3. The van der Waals surface area contributed by atoms with E-state index in [-0.39, 0.29) is 11.5 Å². The van der Waals surface area contributed by atoms with Crippen LogP contribution in [0, 0.1) is 15.9 Å². The lowest BCUT2D eigenvalue weighted by Gasteiger charge is -2.01. The second-order valence-corrected chi connectivity index (χ2v) is 3.21. The van der Waals surface area contributed by atoms with Gasteiger partial charge in [-0.2, -0.15) is 14.5 Å². The predicted molar refractivity (Wildman–Crippen MR) is 57.4 cm³/mol. The van der Waals surface area contributed by atoms with Crippen LogP contribution < -0.4 is 5.32 Å². The van der Waals surface area contributed by atoms with Crippen LogP contribution in [0.2, 0.25) is 0 Å². The maximum Gasteiger partial charge on any atom is 0.304 e. The molecule has 0 bridgehead atoms. The van der Waals surface area contributed by atoms with Gasteiger partial charge in [0.05, 0.1) is 4.92 Å². The normalized spacial score (nSPS) is 10.1. The van der Waals surface area contributed by atoms with E-state index in [0.717, 1.165) is 18.2 Å². The van der Waals surface area contributed by atoms with Crippen molar-refractivity contribution >= 4 is 17.5 Å². The Morgan fingerprint density at radius 2 is 2.28 bits per heavy atom. The average molecular weight is 251 g/mol. The molecule has 0 saturated carbocycles. The van der Waals surface area contributed by atoms with Crippen molar-refractivity contribution in [2.75, 3.05) is 5.32 Å². The molecule has 0 aliphatic rings. The number of benzene rings is 1. The molecule has 0 aliphatic carbocycles. The van der Waals surface area contributed by atoms with Crippen molar-refractivity contribution in [2.24, 2.45) is 0 Å². The van der Waals surface area contributed by atoms with Gasteiger partial charge in [0.15, 0.2) is 0 Å². The molecule has 2 aromatic rings. The highest BCUT2D eigenvalue weighted by atomic mass is 19.1. The molecule has 8 nitrogen and oxygen atoms in total. The molecule has 0 radical (unpaired) electrons. The SMILES string of the molecule is O=C(Nc1ncn[nH]1)c1ccc([N+](=O)[O-])c(F)c1. The summed E-state index contributed by atoms with van der Waals surface area (Å²) in [6, 6.07) is 2.85. The number of amides is 1. The lowest BCUT2D eigenvalue weighted by atomic mass is 10.2. The highest BCUT2D eigenvalue weighted by Crippen LogP contribution is 2.18. The number of hydrogen-bond acceptors (Lipinski definition) is 5. The highest BCUT2D eigenvalue weighted by molar-refractivity contribution is 6.03. The van der Waals surface area contributed by atoms with Crippen molar-refractivity contribution < 1.29 is 14.1 Å². The molecule has 0 spiro atoms. The summed E-state index contributed by atoms with van der Waals surface area (Å²) in [7, 11) is 0. The van der Waals surface area contributed by atoms with E-state index < -0.39 is 22.3 Å². The number of halogens is 1. The number of aromatic amines is 1. The second kappa shape index (κ2) is 4.57. The Morgan fingerprint density at radius 1 is 1.50 bits per heavy atom. The first-order valence-electron chi connectivity index (χ1n) is 4.68. The molecule has 92 valence electrons. The van der Waals surface area contributed by atoms with E-state index in [1.807, 2.05) is 0 Å². The third-order valence-corrected chi connectivity index (χ3v) is 2.05. The Bertz CT molecular complexity index is 598. The largest absolute Gasteiger partial charge is 0.304 e. The number of nitrogens with zero attached hydrogens (tertiary/aromatic N) is 3. The first-order chi connectivity index (χ1) is 8.58. The third-order valence-electron chi connectivity index (χ3n) is 2.05. The monoisotopic (exact) mass is 251 g/mol. The Hall–Kier alpha value is -2.84. The summed E-state index contributed by atoms with van der Waals surface area (Å²) in [5, 5.41) is 18.6. The standard InChI is InChI=1S/C9H6FN5O3/c10-6-3-5(1-2-7(6)15(17)18)8(16)13-9-11-4-12-14-9/h1-4H,(H2,11,12,13,14,16). The van der Waals surface area contributed by atoms with Crippen molar-refractivity contribution in [1.29, 1.82) is 0 Å². The number of H-pyrrole nitrogens is 1. The first-order valence-corrected chi connectivity index (χ1v) is 4.68. The van der Waals surface area contributed by atoms with Gasteiger partial charge >= 0.3 is 5.69 Å². The quantitative estimate of drug-likeness (QED) is 0.626. The smallest absolute Gasteiger partial charge is 0.291 e. The van der Waals surface area contributed by atoms with Crippen LogP contribution in [0.3, 0.4) is 0 Å². The van der Waals surface area contributed by atoms with Crippen LogP contribution in [0.25, 0.3) is 0 Å². The topological polar surface area (TPSA) is 114 Å². The van der Waals surface area contributed by atoms with Crippen LogP contribution in [0.4, 0.5) is 16.0 Å². The molecule has 0 saturated heterocycles. The van der Waals surface area contributed by atoms with Crippen LogP contribution in [-0.4, -0.2) is 26.0 Å². The number of carbonyl (C=O) groups is 1. The Kier molecular flexibility index (Phi) is 2.96. The number of hydrogen-bond donors (Lipinski definition) is 2. The van der Waals surface area contributed by atoms with E-state index in [2.05, 4.69) is 20.5 Å². The zero-order valence-electron chi connectivity index (χ0n) is 8.75. The average Bonchev–Trinajstić information content (AvgIpc) is 2.81. The summed E-state index contributed by atoms with van der Waals surface area (Å²) in [6.07, 6.45) is 1.19. The predicted octanol–water partition coefficient (Wildman–Crippen LogP) is 1.10. The molecular formula is C9H6FN5O3. The molecule has 1 aromatic carbocycles. The molecule has 0 atom stereocenters. The van der Waals surface area contributed by atoms with E-state index in [9.17, 15) is 19.3 Å². The van der Waals surface area contributed by atoms with E-state index in [4.69, 9.17) is 0 Å². The number of nitro groups is 1. The van der Waals surface area contributed by atoms with Crippen LogP contribution >= 0.6 is 0 Å². The van der Waals surface area contributed by atoms with E-state index >= 15 is 0 Å². The molecule has 1 aromatic heterocycles. The minimum atomic E-state index is -1.08. The number of nitrogens with one attached hydrogen (secondary N) is 2. The minimum absolute atomic E-state index is 0.0606. The van der Waals surface area contributed by atoms with Gasteiger partial charge in [-0.3, -0.25) is 20.2 Å². The lowest BCUT2D eigenvalue weighted by Crippen LogP contribution is -2.13. The summed E-state index contributed by atoms with van der Waals surface area (Å²) in [6.45, 7) is 0. The number of rotatable bonds is 3. The van der Waals surface area contributed by atoms with Gasteiger partial charge in [-0.05, 0) is 12.1 Å². The summed E-state index contributed by atoms with van der Waals surface area (Å²) in [5.41, 5.74) is -0.749. The van der Waals surface area contributed by atoms with Crippen molar-refractivity contribution in [3.63, 3.8) is 0 Å². The summed E-state index contributed by atoms with van der Waals surface area (Å²) in [4.78, 5) is 24.8. The van der Waals surface area contributed by atoms with Gasteiger partial charge in [0.25, 0.3) is 5.91 Å². The zero-order valence-corrected chi connectivity index (χ0v) is 8.75. The van der Waals surface area contributed by atoms with Crippen molar-refractivity contribution in [2.45, 2.75) is 0 Å². The highest BCUT2D eigenvalue weighted by Gasteiger charge is 2.17. The van der Waals surface area contributed by atoms with E-state index in [0.29, 0.717) is 0 Å². The fourth-order valence-electron chi connectivity index (χ4n) is 1.24. The van der Waals surface area contributed by atoms with Gasteiger partial charge in [0.2, 0.25) is 11.8 Å². The number of anilines is 1. The second-order valence-electron chi connectivity index (χ2n) is 3.21. The molecule has 2 N–H and O–H groups in total. The van der Waals surface area contributed by atoms with E-state index in [1.54, 1.807) is 0 Å². The first kappa shape index (κ1) is 11.6. The zero-order chi connectivity index (χ0) is 13.1. The van der Waals surface area contributed by atoms with Crippen LogP contribution in [0.15, 0.2) is 24.5 Å². The van der Waals surface area contributed by atoms with Gasteiger partial charge in [-0.1, -0.05) is 0 Å². The summed E-state index contributed by atoms with van der Waals surface area (Å²) in [5.74, 6) is -1.63. The van der Waals surface area contributed by atoms with Crippen molar-refractivity contribution in [3.05, 3.63) is 46.0 Å². The molecule has 9 heteroatoms. The van der Waals surface area contributed by atoms with Crippen LogP contribution in [0.5, 0.6) is 0 Å². The van der Waals surface area contributed by atoms with Gasteiger partial charge in [0.1, 0.15) is 6.33 Å². The van der Waals surface area contributed by atoms with Gasteiger partial charge in [-0.15, -0.1) is 0 Å². The van der Waals surface area contributed by atoms with Gasteiger partial charge in [-0.25, -0.2) is 5.10 Å². The molecule has 0 fully saturated rings. The van der Waals surface area contributed by atoms with Gasteiger partial charge < -0.3 is 0 Å². The Morgan fingerprint density at radius 3 is 2.83 bits per heavy atom. The molecule has 2 rings (SSSR count). The molecule has 0 aliphatic heterocycles. The number of aromatic nitrogens is 3. The summed E-state index contributed by atoms with van der Waals surface area (Å²) >= 11 is 0. The maximum absolute atomic E-state index is 13.3. The molecule has 1 amide bonds. The van der Waals surface area contributed by atoms with E-state index in [1.165, 1.54) is 6.33 Å². The Balaban J connectivity index is 2.21. The minimum Gasteiger partial charge on any atom is -0.291 e. The molecule has 1 heterocycles. The fraction of sp³-hybridized carbons (Fsp3) is 0. The number of nitro benzene ring substituents is 1. The van der Waals surface area contributed by atoms with Crippen molar-refractivity contribution in [3.8, 4) is 0 Å². The third kappa shape index (κ3) is 2.29. The van der Waals surface area contributed by atoms with Crippen LogP contribution in [-0.2, 0) is 0 Å². The number of carbonyl (C=O) groups excluding carboxylic acids is 1. The molecule has 0 unspecified atom stereocenters. The Labute approximate surface area is 99.0 Å².